The molecular formula is C15H24N2O2. The van der Waals surface area contributed by atoms with E-state index in [9.17, 15) is 0 Å². The highest BCUT2D eigenvalue weighted by molar-refractivity contribution is 5.29. The maximum absolute atomic E-state index is 5.50. The highest BCUT2D eigenvalue weighted by atomic mass is 16.5. The molecule has 2 rings (SSSR count). The van der Waals surface area contributed by atoms with E-state index < -0.39 is 0 Å². The summed E-state index contributed by atoms with van der Waals surface area (Å²) in [6.45, 7) is 7.33. The molecule has 0 spiro atoms. The summed E-state index contributed by atoms with van der Waals surface area (Å²) in [5, 5.41) is 3.29. The number of nitrogens with zero attached hydrogens (tertiary/aromatic N) is 1. The third-order valence-electron chi connectivity index (χ3n) is 3.46. The SMILES string of the molecule is CCOc1ccc(C(CNC)N2CCOCC2)cc1. The molecule has 4 nitrogen and oxygen atoms in total. The molecular weight excluding hydrogens is 240 g/mol. The lowest BCUT2D eigenvalue weighted by Gasteiger charge is -2.34. The van der Waals surface area contributed by atoms with Crippen molar-refractivity contribution in [1.82, 2.24) is 10.2 Å². The van der Waals surface area contributed by atoms with E-state index in [1.165, 1.54) is 5.56 Å². The van der Waals surface area contributed by atoms with Gasteiger partial charge in [-0.05, 0) is 31.7 Å². The van der Waals surface area contributed by atoms with E-state index >= 15 is 0 Å². The molecule has 1 heterocycles. The van der Waals surface area contributed by atoms with Crippen molar-refractivity contribution in [2.75, 3.05) is 46.5 Å². The van der Waals surface area contributed by atoms with Gasteiger partial charge in [0.1, 0.15) is 5.75 Å². The Bertz CT molecular complexity index is 361. The number of morpholine rings is 1. The summed E-state index contributed by atoms with van der Waals surface area (Å²) < 4.78 is 10.9. The first-order valence-corrected chi connectivity index (χ1v) is 7.04. The minimum Gasteiger partial charge on any atom is -0.494 e. The van der Waals surface area contributed by atoms with Crippen LogP contribution < -0.4 is 10.1 Å². The summed E-state index contributed by atoms with van der Waals surface area (Å²) in [7, 11) is 2.00. The third-order valence-corrected chi connectivity index (χ3v) is 3.46. The topological polar surface area (TPSA) is 33.7 Å². The predicted octanol–water partition coefficient (Wildman–Crippen LogP) is 1.68. The normalized spacial score (nSPS) is 18.2. The van der Waals surface area contributed by atoms with Crippen LogP contribution in [-0.4, -0.2) is 51.4 Å². The van der Waals surface area contributed by atoms with Gasteiger partial charge in [-0.15, -0.1) is 0 Å². The van der Waals surface area contributed by atoms with Crippen molar-refractivity contribution in [2.24, 2.45) is 0 Å². The fourth-order valence-corrected chi connectivity index (χ4v) is 2.49. The maximum Gasteiger partial charge on any atom is 0.119 e. The largest absolute Gasteiger partial charge is 0.494 e. The van der Waals surface area contributed by atoms with Crippen molar-refractivity contribution < 1.29 is 9.47 Å². The second-order valence-corrected chi connectivity index (χ2v) is 4.72. The van der Waals surface area contributed by atoms with E-state index in [2.05, 4.69) is 34.5 Å². The quantitative estimate of drug-likeness (QED) is 0.847. The second kappa shape index (κ2) is 7.48. The first-order chi connectivity index (χ1) is 9.35. The molecule has 1 atom stereocenters. The van der Waals surface area contributed by atoms with Gasteiger partial charge in [0.25, 0.3) is 0 Å². The number of hydrogen-bond acceptors (Lipinski definition) is 4. The summed E-state index contributed by atoms with van der Waals surface area (Å²) >= 11 is 0. The predicted molar refractivity (Wildman–Crippen MR) is 76.7 cm³/mol. The number of hydrogen-bond donors (Lipinski definition) is 1. The molecule has 19 heavy (non-hydrogen) atoms. The van der Waals surface area contributed by atoms with Crippen LogP contribution in [0, 0.1) is 0 Å². The molecule has 0 aliphatic carbocycles. The monoisotopic (exact) mass is 264 g/mol. The minimum atomic E-state index is 0.407. The number of likely N-dealkylation sites (N-methyl/N-ethyl adjacent to an activating group) is 1. The molecule has 1 unspecified atom stereocenters. The number of rotatable bonds is 6. The van der Waals surface area contributed by atoms with Crippen LogP contribution in [0.2, 0.25) is 0 Å². The lowest BCUT2D eigenvalue weighted by Crippen LogP contribution is -2.42. The molecule has 1 N–H and O–H groups in total. The van der Waals surface area contributed by atoms with Gasteiger partial charge < -0.3 is 14.8 Å². The van der Waals surface area contributed by atoms with E-state index in [0.717, 1.165) is 38.6 Å². The molecule has 1 aliphatic rings. The number of ether oxygens (including phenoxy) is 2. The fourth-order valence-electron chi connectivity index (χ4n) is 2.49. The first-order valence-electron chi connectivity index (χ1n) is 7.04. The molecule has 1 aromatic rings. The Balaban J connectivity index is 2.08. The Morgan fingerprint density at radius 2 is 1.95 bits per heavy atom. The van der Waals surface area contributed by atoms with E-state index in [0.29, 0.717) is 12.6 Å². The van der Waals surface area contributed by atoms with Gasteiger partial charge in [-0.2, -0.15) is 0 Å². The number of nitrogens with one attached hydrogen (secondary N) is 1. The zero-order valence-electron chi connectivity index (χ0n) is 11.9. The molecule has 1 aromatic carbocycles. The lowest BCUT2D eigenvalue weighted by atomic mass is 10.0. The smallest absolute Gasteiger partial charge is 0.119 e. The highest BCUT2D eigenvalue weighted by Crippen LogP contribution is 2.23. The zero-order chi connectivity index (χ0) is 13.5. The van der Waals surface area contributed by atoms with Gasteiger partial charge in [-0.1, -0.05) is 12.1 Å². The van der Waals surface area contributed by atoms with Gasteiger partial charge in [0.2, 0.25) is 0 Å². The van der Waals surface area contributed by atoms with E-state index in [1.54, 1.807) is 0 Å². The van der Waals surface area contributed by atoms with Gasteiger partial charge in [0.05, 0.1) is 19.8 Å². The summed E-state index contributed by atoms with van der Waals surface area (Å²) in [5.41, 5.74) is 1.33. The Labute approximate surface area is 115 Å². The van der Waals surface area contributed by atoms with Gasteiger partial charge in [0, 0.05) is 25.7 Å². The standard InChI is InChI=1S/C15H24N2O2/c1-3-19-14-6-4-13(5-7-14)15(12-16-2)17-8-10-18-11-9-17/h4-7,15-16H,3,8-12H2,1-2H3. The van der Waals surface area contributed by atoms with Crippen LogP contribution >= 0.6 is 0 Å². The van der Waals surface area contributed by atoms with Crippen molar-refractivity contribution >= 4 is 0 Å². The van der Waals surface area contributed by atoms with Crippen LogP contribution in [0.1, 0.15) is 18.5 Å². The van der Waals surface area contributed by atoms with Crippen LogP contribution in [-0.2, 0) is 4.74 Å². The van der Waals surface area contributed by atoms with Crippen LogP contribution in [0.25, 0.3) is 0 Å². The van der Waals surface area contributed by atoms with Gasteiger partial charge >= 0.3 is 0 Å². The van der Waals surface area contributed by atoms with E-state index in [1.807, 2.05) is 14.0 Å². The Morgan fingerprint density at radius 1 is 1.26 bits per heavy atom. The van der Waals surface area contributed by atoms with Crippen molar-refractivity contribution in [3.63, 3.8) is 0 Å². The first kappa shape index (κ1) is 14.3. The van der Waals surface area contributed by atoms with Gasteiger partial charge in [0.15, 0.2) is 0 Å². The molecule has 106 valence electrons. The third kappa shape index (κ3) is 3.93. The summed E-state index contributed by atoms with van der Waals surface area (Å²) in [4.78, 5) is 2.48. The van der Waals surface area contributed by atoms with Gasteiger partial charge in [-0.25, -0.2) is 0 Å². The average Bonchev–Trinajstić information content (AvgIpc) is 2.47. The lowest BCUT2D eigenvalue weighted by molar-refractivity contribution is 0.0165. The Kier molecular flexibility index (Phi) is 5.63. The zero-order valence-corrected chi connectivity index (χ0v) is 11.9. The molecule has 1 saturated heterocycles. The van der Waals surface area contributed by atoms with Crippen molar-refractivity contribution in [3.8, 4) is 5.75 Å². The molecule has 1 aliphatic heterocycles. The van der Waals surface area contributed by atoms with Gasteiger partial charge in [-0.3, -0.25) is 4.90 Å². The Morgan fingerprint density at radius 3 is 2.53 bits per heavy atom. The summed E-state index contributed by atoms with van der Waals surface area (Å²) in [6, 6.07) is 8.86. The summed E-state index contributed by atoms with van der Waals surface area (Å²) in [5.74, 6) is 0.941. The van der Waals surface area contributed by atoms with Crippen LogP contribution in [0.3, 0.4) is 0 Å². The average molecular weight is 264 g/mol. The Hall–Kier alpha value is -1.10. The minimum absolute atomic E-state index is 0.407. The molecule has 0 amide bonds. The molecule has 1 fully saturated rings. The highest BCUT2D eigenvalue weighted by Gasteiger charge is 2.21. The molecule has 0 saturated carbocycles. The van der Waals surface area contributed by atoms with E-state index in [4.69, 9.17) is 9.47 Å². The van der Waals surface area contributed by atoms with Crippen molar-refractivity contribution in [1.29, 1.82) is 0 Å². The maximum atomic E-state index is 5.50. The second-order valence-electron chi connectivity index (χ2n) is 4.72. The van der Waals surface area contributed by atoms with Crippen LogP contribution in [0.15, 0.2) is 24.3 Å². The molecule has 4 heteroatoms. The van der Waals surface area contributed by atoms with E-state index in [-0.39, 0.29) is 0 Å². The fraction of sp³-hybridized carbons (Fsp3) is 0.600. The van der Waals surface area contributed by atoms with Crippen LogP contribution in [0.5, 0.6) is 5.75 Å². The summed E-state index contributed by atoms with van der Waals surface area (Å²) in [6.07, 6.45) is 0. The van der Waals surface area contributed by atoms with Crippen molar-refractivity contribution in [3.05, 3.63) is 29.8 Å². The number of benzene rings is 1. The molecule has 0 bridgehead atoms. The molecule has 0 aromatic heterocycles. The molecule has 0 radical (unpaired) electrons. The van der Waals surface area contributed by atoms with Crippen LogP contribution in [0.4, 0.5) is 0 Å². The van der Waals surface area contributed by atoms with Crippen molar-refractivity contribution in [2.45, 2.75) is 13.0 Å².